The van der Waals surface area contributed by atoms with Crippen molar-refractivity contribution in [3.05, 3.63) is 64.2 Å². The summed E-state index contributed by atoms with van der Waals surface area (Å²) in [7, 11) is 0. The van der Waals surface area contributed by atoms with Crippen molar-refractivity contribution in [2.24, 2.45) is 0 Å². The van der Waals surface area contributed by atoms with Crippen LogP contribution in [0.15, 0.2) is 51.8 Å². The Morgan fingerprint density at radius 3 is 2.50 bits per heavy atom. The molecular weight excluding hydrogens is 398 g/mol. The molecule has 3 aromatic rings. The van der Waals surface area contributed by atoms with Gasteiger partial charge in [0.25, 0.3) is 5.91 Å². The van der Waals surface area contributed by atoms with E-state index in [0.29, 0.717) is 24.6 Å². The Bertz CT molecular complexity index is 972. The fraction of sp³-hybridized carbons (Fsp3) is 0.348. The van der Waals surface area contributed by atoms with Gasteiger partial charge in [0.1, 0.15) is 6.26 Å². The van der Waals surface area contributed by atoms with Crippen molar-refractivity contribution >= 4 is 23.2 Å². The van der Waals surface area contributed by atoms with E-state index in [1.54, 1.807) is 11.3 Å². The predicted molar refractivity (Wildman–Crippen MR) is 116 cm³/mol. The van der Waals surface area contributed by atoms with Gasteiger partial charge in [-0.25, -0.2) is 4.98 Å². The molecule has 1 N–H and O–H groups in total. The summed E-state index contributed by atoms with van der Waals surface area (Å²) in [6.07, 6.45) is 6.28. The first-order valence-corrected chi connectivity index (χ1v) is 11.3. The maximum absolute atomic E-state index is 12.7. The third-order valence-electron chi connectivity index (χ3n) is 5.25. The molecule has 3 heterocycles. The molecule has 0 atom stereocenters. The summed E-state index contributed by atoms with van der Waals surface area (Å²) in [5.74, 6) is 0.375. The highest BCUT2D eigenvalue weighted by Crippen LogP contribution is 2.21. The molecule has 0 saturated carbocycles. The van der Waals surface area contributed by atoms with Gasteiger partial charge in [-0.2, -0.15) is 11.3 Å². The molecule has 30 heavy (non-hydrogen) atoms. The quantitative estimate of drug-likeness (QED) is 0.642. The summed E-state index contributed by atoms with van der Waals surface area (Å²) < 4.78 is 5.56. The van der Waals surface area contributed by atoms with Crippen LogP contribution in [0.2, 0.25) is 0 Å². The van der Waals surface area contributed by atoms with Gasteiger partial charge >= 0.3 is 0 Å². The van der Waals surface area contributed by atoms with E-state index in [1.165, 1.54) is 19.1 Å². The second kappa shape index (κ2) is 9.71. The molecule has 1 saturated heterocycles. The zero-order valence-corrected chi connectivity index (χ0v) is 17.6. The summed E-state index contributed by atoms with van der Waals surface area (Å²) in [5, 5.41) is 6.89. The Kier molecular flexibility index (Phi) is 6.59. The molecule has 7 heteroatoms. The second-order valence-electron chi connectivity index (χ2n) is 7.53. The monoisotopic (exact) mass is 423 g/mol. The number of benzene rings is 1. The van der Waals surface area contributed by atoms with Crippen molar-refractivity contribution in [2.75, 3.05) is 13.1 Å². The number of carbonyl (C=O) groups is 2. The van der Waals surface area contributed by atoms with E-state index < -0.39 is 0 Å². The Balaban J connectivity index is 1.33. The third-order valence-corrected chi connectivity index (χ3v) is 5.98. The van der Waals surface area contributed by atoms with E-state index in [1.807, 2.05) is 46.0 Å². The van der Waals surface area contributed by atoms with Gasteiger partial charge in [-0.1, -0.05) is 25.0 Å². The van der Waals surface area contributed by atoms with Crippen LogP contribution in [-0.4, -0.2) is 34.8 Å². The van der Waals surface area contributed by atoms with Crippen molar-refractivity contribution < 1.29 is 14.0 Å². The van der Waals surface area contributed by atoms with E-state index in [0.717, 1.165) is 42.6 Å². The van der Waals surface area contributed by atoms with Crippen LogP contribution in [0, 0.1) is 0 Å². The molecule has 4 rings (SSSR count). The number of likely N-dealkylation sites (tertiary alicyclic amines) is 1. The first-order chi connectivity index (χ1) is 14.7. The molecule has 0 aliphatic carbocycles. The highest BCUT2D eigenvalue weighted by atomic mass is 32.1. The molecule has 1 aliphatic rings. The van der Waals surface area contributed by atoms with Crippen LogP contribution in [0.25, 0.3) is 11.5 Å². The van der Waals surface area contributed by atoms with Crippen molar-refractivity contribution in [3.8, 4) is 11.5 Å². The van der Waals surface area contributed by atoms with E-state index in [4.69, 9.17) is 4.42 Å². The summed E-state index contributed by atoms with van der Waals surface area (Å²) >= 11 is 1.59. The van der Waals surface area contributed by atoms with Crippen LogP contribution in [0.5, 0.6) is 0 Å². The molecule has 1 aliphatic heterocycles. The summed E-state index contributed by atoms with van der Waals surface area (Å²) in [6, 6.07) is 9.61. The maximum Gasteiger partial charge on any atom is 0.275 e. The fourth-order valence-electron chi connectivity index (χ4n) is 3.55. The number of hydrogen-bond acceptors (Lipinski definition) is 5. The van der Waals surface area contributed by atoms with Crippen molar-refractivity contribution in [1.82, 2.24) is 15.2 Å². The Morgan fingerprint density at radius 1 is 1.03 bits per heavy atom. The van der Waals surface area contributed by atoms with Crippen molar-refractivity contribution in [3.63, 3.8) is 0 Å². The smallest absolute Gasteiger partial charge is 0.275 e. The lowest BCUT2D eigenvalue weighted by molar-refractivity contribution is -0.120. The average molecular weight is 424 g/mol. The number of hydrogen-bond donors (Lipinski definition) is 1. The number of carbonyl (C=O) groups excluding carboxylic acids is 2. The van der Waals surface area contributed by atoms with E-state index in [9.17, 15) is 9.59 Å². The summed E-state index contributed by atoms with van der Waals surface area (Å²) in [5.41, 5.74) is 3.18. The first-order valence-electron chi connectivity index (χ1n) is 10.3. The normalized spacial score (nSPS) is 14.3. The van der Waals surface area contributed by atoms with Crippen LogP contribution < -0.4 is 5.32 Å². The largest absolute Gasteiger partial charge is 0.444 e. The Labute approximate surface area is 179 Å². The van der Waals surface area contributed by atoms with Gasteiger partial charge in [0.15, 0.2) is 5.69 Å². The van der Waals surface area contributed by atoms with Crippen LogP contribution in [-0.2, 0) is 17.8 Å². The Hall–Kier alpha value is -2.93. The van der Waals surface area contributed by atoms with Gasteiger partial charge < -0.3 is 14.6 Å². The molecule has 1 aromatic carbocycles. The molecule has 0 radical (unpaired) electrons. The van der Waals surface area contributed by atoms with E-state index in [-0.39, 0.29) is 11.8 Å². The minimum absolute atomic E-state index is 0.00171. The highest BCUT2D eigenvalue weighted by molar-refractivity contribution is 7.08. The van der Waals surface area contributed by atoms with Crippen molar-refractivity contribution in [2.45, 2.75) is 38.6 Å². The van der Waals surface area contributed by atoms with E-state index >= 15 is 0 Å². The number of oxazole rings is 1. The van der Waals surface area contributed by atoms with Crippen LogP contribution in [0.3, 0.4) is 0 Å². The van der Waals surface area contributed by atoms with Gasteiger partial charge in [0.2, 0.25) is 11.8 Å². The van der Waals surface area contributed by atoms with Crippen LogP contribution in [0.4, 0.5) is 0 Å². The lowest BCUT2D eigenvalue weighted by atomic mass is 10.1. The van der Waals surface area contributed by atoms with Gasteiger partial charge in [0, 0.05) is 25.2 Å². The van der Waals surface area contributed by atoms with Crippen molar-refractivity contribution in [1.29, 1.82) is 0 Å². The molecule has 6 nitrogen and oxygen atoms in total. The lowest BCUT2D eigenvalue weighted by Crippen LogP contribution is -2.32. The minimum Gasteiger partial charge on any atom is -0.444 e. The number of amides is 2. The number of nitrogens with zero attached hydrogens (tertiary/aromatic N) is 2. The predicted octanol–water partition coefficient (Wildman–Crippen LogP) is 4.28. The fourth-order valence-corrected chi connectivity index (χ4v) is 4.22. The zero-order chi connectivity index (χ0) is 20.8. The molecule has 2 amide bonds. The Morgan fingerprint density at radius 2 is 1.80 bits per heavy atom. The lowest BCUT2D eigenvalue weighted by Gasteiger charge is -2.18. The second-order valence-corrected chi connectivity index (χ2v) is 8.31. The van der Waals surface area contributed by atoms with Crippen LogP contribution in [0.1, 0.15) is 47.3 Å². The maximum atomic E-state index is 12.7. The summed E-state index contributed by atoms with van der Waals surface area (Å²) in [6.45, 7) is 2.04. The average Bonchev–Trinajstić information content (AvgIpc) is 3.39. The molecule has 1 fully saturated rings. The molecule has 0 bridgehead atoms. The van der Waals surface area contributed by atoms with Gasteiger partial charge in [-0.15, -0.1) is 0 Å². The molecule has 0 unspecified atom stereocenters. The van der Waals surface area contributed by atoms with E-state index in [2.05, 4.69) is 10.3 Å². The van der Waals surface area contributed by atoms with Crippen LogP contribution >= 0.6 is 11.3 Å². The molecular formula is C23H25N3O3S. The topological polar surface area (TPSA) is 75.4 Å². The number of nitrogens with one attached hydrogen (secondary N) is 1. The summed E-state index contributed by atoms with van der Waals surface area (Å²) in [4.78, 5) is 31.0. The zero-order valence-electron chi connectivity index (χ0n) is 16.8. The van der Waals surface area contributed by atoms with Gasteiger partial charge in [0.05, 0.1) is 6.42 Å². The number of aromatic nitrogens is 1. The number of thiophene rings is 1. The standard InChI is InChI=1S/C23H25N3O3S/c27-21(13-18-9-12-30-16-18)24-14-17-5-7-19(8-6-17)22-25-20(15-29-22)23(28)26-10-3-1-2-4-11-26/h5-9,12,15-16H,1-4,10-11,13-14H2,(H,24,27). The highest BCUT2D eigenvalue weighted by Gasteiger charge is 2.21. The van der Waals surface area contributed by atoms with Gasteiger partial charge in [-0.05, 0) is 52.9 Å². The molecule has 156 valence electrons. The SMILES string of the molecule is O=C(Cc1ccsc1)NCc1ccc(-c2nc(C(=O)N3CCCCCC3)co2)cc1. The molecule has 2 aromatic heterocycles. The number of rotatable bonds is 6. The third kappa shape index (κ3) is 5.16. The first kappa shape index (κ1) is 20.3. The van der Waals surface area contributed by atoms with Gasteiger partial charge in [-0.3, -0.25) is 9.59 Å². The minimum atomic E-state index is -0.0585. The molecule has 0 spiro atoms.